The number of aliphatic hydroxyl groups is 1. The van der Waals surface area contributed by atoms with Gasteiger partial charge in [0.15, 0.2) is 0 Å². The van der Waals surface area contributed by atoms with E-state index >= 15 is 0 Å². The van der Waals surface area contributed by atoms with Gasteiger partial charge in [-0.3, -0.25) is 4.98 Å². The van der Waals surface area contributed by atoms with Crippen LogP contribution in [0.2, 0.25) is 0 Å². The summed E-state index contributed by atoms with van der Waals surface area (Å²) in [7, 11) is 0. The molecule has 0 amide bonds. The van der Waals surface area contributed by atoms with Crippen molar-refractivity contribution < 1.29 is 5.11 Å². The van der Waals surface area contributed by atoms with Gasteiger partial charge in [-0.1, -0.05) is 6.92 Å². The highest BCUT2D eigenvalue weighted by atomic mass is 79.9. The Kier molecular flexibility index (Phi) is 2.91. The highest BCUT2D eigenvalue weighted by Crippen LogP contribution is 2.60. The SMILES string of the molecule is CC1(C(O)(c2cncnc2)c2ccc(Br)cn2)CC1. The van der Waals surface area contributed by atoms with Crippen molar-refractivity contribution in [3.8, 4) is 0 Å². The maximum Gasteiger partial charge on any atom is 0.140 e. The van der Waals surface area contributed by atoms with Crippen LogP contribution in [0, 0.1) is 5.41 Å². The second-order valence-corrected chi connectivity index (χ2v) is 6.18. The van der Waals surface area contributed by atoms with Crippen LogP contribution in [0.15, 0.2) is 41.5 Å². The first-order chi connectivity index (χ1) is 9.06. The van der Waals surface area contributed by atoms with Gasteiger partial charge in [0.1, 0.15) is 11.9 Å². The normalized spacial score (nSPS) is 19.7. The third-order valence-electron chi connectivity index (χ3n) is 3.95. The maximum atomic E-state index is 11.3. The van der Waals surface area contributed by atoms with Crippen LogP contribution in [0.5, 0.6) is 0 Å². The van der Waals surface area contributed by atoms with Gasteiger partial charge >= 0.3 is 0 Å². The largest absolute Gasteiger partial charge is 0.378 e. The molecule has 1 N–H and O–H groups in total. The molecule has 0 saturated heterocycles. The number of aromatic nitrogens is 3. The fourth-order valence-corrected chi connectivity index (χ4v) is 2.67. The predicted molar refractivity (Wildman–Crippen MR) is 74.3 cm³/mol. The number of halogens is 1. The molecule has 1 atom stereocenters. The third-order valence-corrected chi connectivity index (χ3v) is 4.42. The van der Waals surface area contributed by atoms with E-state index in [1.807, 2.05) is 12.1 Å². The van der Waals surface area contributed by atoms with Crippen molar-refractivity contribution in [1.82, 2.24) is 15.0 Å². The van der Waals surface area contributed by atoms with Crippen LogP contribution in [0.4, 0.5) is 0 Å². The van der Waals surface area contributed by atoms with Crippen LogP contribution >= 0.6 is 15.9 Å². The Hall–Kier alpha value is -1.33. The number of nitrogens with zero attached hydrogens (tertiary/aromatic N) is 3. The lowest BCUT2D eigenvalue weighted by atomic mass is 9.78. The van der Waals surface area contributed by atoms with Gasteiger partial charge in [-0.05, 0) is 40.9 Å². The molecule has 1 aliphatic rings. The Labute approximate surface area is 120 Å². The Morgan fingerprint density at radius 2 is 1.89 bits per heavy atom. The molecule has 2 aromatic heterocycles. The summed E-state index contributed by atoms with van der Waals surface area (Å²) in [5.74, 6) is 0. The Morgan fingerprint density at radius 3 is 2.42 bits per heavy atom. The van der Waals surface area contributed by atoms with Crippen molar-refractivity contribution in [3.05, 3.63) is 52.8 Å². The lowest BCUT2D eigenvalue weighted by Crippen LogP contribution is -2.37. The highest BCUT2D eigenvalue weighted by molar-refractivity contribution is 9.10. The van der Waals surface area contributed by atoms with E-state index in [-0.39, 0.29) is 5.41 Å². The summed E-state index contributed by atoms with van der Waals surface area (Å²) in [5.41, 5.74) is 0.0170. The average molecular weight is 320 g/mol. The summed E-state index contributed by atoms with van der Waals surface area (Å²) in [6.07, 6.45) is 8.44. The molecule has 98 valence electrons. The molecule has 1 unspecified atom stereocenters. The first-order valence-corrected chi connectivity index (χ1v) is 6.95. The Bertz CT molecular complexity index is 583. The van der Waals surface area contributed by atoms with Gasteiger partial charge in [-0.15, -0.1) is 0 Å². The minimum atomic E-state index is -1.13. The summed E-state index contributed by atoms with van der Waals surface area (Å²) in [5, 5.41) is 11.3. The van der Waals surface area contributed by atoms with Gasteiger partial charge in [-0.25, -0.2) is 9.97 Å². The quantitative estimate of drug-likeness (QED) is 0.944. The fraction of sp³-hybridized carbons (Fsp3) is 0.357. The van der Waals surface area contributed by atoms with E-state index < -0.39 is 5.60 Å². The Balaban J connectivity index is 2.15. The second kappa shape index (κ2) is 4.35. The fourth-order valence-electron chi connectivity index (χ4n) is 2.43. The van der Waals surface area contributed by atoms with E-state index in [4.69, 9.17) is 0 Å². The Morgan fingerprint density at radius 1 is 1.21 bits per heavy atom. The topological polar surface area (TPSA) is 58.9 Å². The first-order valence-electron chi connectivity index (χ1n) is 6.16. The number of rotatable bonds is 3. The van der Waals surface area contributed by atoms with Crippen LogP contribution < -0.4 is 0 Å². The minimum absolute atomic E-state index is 0.196. The molecular formula is C14H14BrN3O. The summed E-state index contributed by atoms with van der Waals surface area (Å²) in [6.45, 7) is 2.07. The van der Waals surface area contributed by atoms with Crippen molar-refractivity contribution in [1.29, 1.82) is 0 Å². The zero-order chi connectivity index (χ0) is 13.5. The molecule has 1 aliphatic carbocycles. The molecule has 4 nitrogen and oxygen atoms in total. The van der Waals surface area contributed by atoms with E-state index in [1.165, 1.54) is 6.33 Å². The van der Waals surface area contributed by atoms with E-state index in [0.717, 1.165) is 17.3 Å². The second-order valence-electron chi connectivity index (χ2n) is 5.26. The standard InChI is InChI=1S/C14H14BrN3O/c1-13(4-5-13)14(19,10-6-16-9-17-7-10)12-3-2-11(15)8-18-12/h2-3,6-9,19H,4-5H2,1H3. The van der Waals surface area contributed by atoms with Crippen LogP contribution in [0.25, 0.3) is 0 Å². The summed E-state index contributed by atoms with van der Waals surface area (Å²) in [6, 6.07) is 3.74. The summed E-state index contributed by atoms with van der Waals surface area (Å²) < 4.78 is 0.892. The molecule has 0 radical (unpaired) electrons. The van der Waals surface area contributed by atoms with E-state index in [1.54, 1.807) is 18.6 Å². The average Bonchev–Trinajstić information content (AvgIpc) is 3.19. The molecule has 0 spiro atoms. The molecule has 2 aromatic rings. The van der Waals surface area contributed by atoms with Gasteiger partial charge < -0.3 is 5.11 Å². The summed E-state index contributed by atoms with van der Waals surface area (Å²) in [4.78, 5) is 12.4. The number of hydrogen-bond acceptors (Lipinski definition) is 4. The smallest absolute Gasteiger partial charge is 0.140 e. The van der Waals surface area contributed by atoms with E-state index in [0.29, 0.717) is 11.3 Å². The number of hydrogen-bond donors (Lipinski definition) is 1. The minimum Gasteiger partial charge on any atom is -0.378 e. The zero-order valence-electron chi connectivity index (χ0n) is 10.5. The monoisotopic (exact) mass is 319 g/mol. The van der Waals surface area contributed by atoms with Gasteiger partial charge in [0.25, 0.3) is 0 Å². The molecule has 0 aromatic carbocycles. The van der Waals surface area contributed by atoms with Gasteiger partial charge in [-0.2, -0.15) is 0 Å². The molecule has 0 aliphatic heterocycles. The lowest BCUT2D eigenvalue weighted by molar-refractivity contribution is 0.00502. The van der Waals surface area contributed by atoms with Gasteiger partial charge in [0, 0.05) is 34.0 Å². The van der Waals surface area contributed by atoms with Gasteiger partial charge in [0.05, 0.1) is 5.69 Å². The third kappa shape index (κ3) is 1.97. The molecular weight excluding hydrogens is 306 g/mol. The van der Waals surface area contributed by atoms with Crippen LogP contribution in [0.3, 0.4) is 0 Å². The van der Waals surface area contributed by atoms with E-state index in [2.05, 4.69) is 37.8 Å². The molecule has 19 heavy (non-hydrogen) atoms. The van der Waals surface area contributed by atoms with Crippen LogP contribution in [-0.4, -0.2) is 20.1 Å². The van der Waals surface area contributed by atoms with Crippen molar-refractivity contribution in [2.45, 2.75) is 25.4 Å². The van der Waals surface area contributed by atoms with E-state index in [9.17, 15) is 5.11 Å². The molecule has 5 heteroatoms. The summed E-state index contributed by atoms with van der Waals surface area (Å²) >= 11 is 3.37. The predicted octanol–water partition coefficient (Wildman–Crippen LogP) is 2.67. The molecule has 3 rings (SSSR count). The lowest BCUT2D eigenvalue weighted by Gasteiger charge is -2.34. The first kappa shape index (κ1) is 12.7. The van der Waals surface area contributed by atoms with Crippen molar-refractivity contribution in [2.75, 3.05) is 0 Å². The van der Waals surface area contributed by atoms with Crippen molar-refractivity contribution in [3.63, 3.8) is 0 Å². The zero-order valence-corrected chi connectivity index (χ0v) is 12.1. The van der Waals surface area contributed by atoms with Crippen LogP contribution in [0.1, 0.15) is 31.0 Å². The molecule has 1 saturated carbocycles. The van der Waals surface area contributed by atoms with Gasteiger partial charge in [0.2, 0.25) is 0 Å². The highest BCUT2D eigenvalue weighted by Gasteiger charge is 2.58. The molecule has 0 bridgehead atoms. The molecule has 1 fully saturated rings. The number of pyridine rings is 1. The van der Waals surface area contributed by atoms with Crippen LogP contribution in [-0.2, 0) is 5.60 Å². The molecule has 2 heterocycles. The maximum absolute atomic E-state index is 11.3. The van der Waals surface area contributed by atoms with Crippen molar-refractivity contribution >= 4 is 15.9 Å². The van der Waals surface area contributed by atoms with Crippen molar-refractivity contribution in [2.24, 2.45) is 5.41 Å².